The normalized spacial score (nSPS) is 16.1. The van der Waals surface area contributed by atoms with E-state index < -0.39 is 0 Å². The van der Waals surface area contributed by atoms with Gasteiger partial charge in [-0.15, -0.1) is 0 Å². The zero-order valence-corrected chi connectivity index (χ0v) is 11.7. The molecule has 2 aromatic rings. The van der Waals surface area contributed by atoms with Gasteiger partial charge < -0.3 is 19.9 Å². The zero-order valence-electron chi connectivity index (χ0n) is 11.7. The Morgan fingerprint density at radius 3 is 3.10 bits per heavy atom. The lowest BCUT2D eigenvalue weighted by atomic mass is 10.1. The van der Waals surface area contributed by atoms with Gasteiger partial charge in [-0.05, 0) is 11.6 Å². The first kappa shape index (κ1) is 13.5. The van der Waals surface area contributed by atoms with E-state index in [1.807, 2.05) is 29.0 Å². The van der Waals surface area contributed by atoms with Crippen molar-refractivity contribution in [2.75, 3.05) is 13.1 Å². The Balaban J connectivity index is 1.35. The number of urea groups is 1. The van der Waals surface area contributed by atoms with Gasteiger partial charge in [0, 0.05) is 31.9 Å². The van der Waals surface area contributed by atoms with Crippen LogP contribution in [-0.4, -0.2) is 34.8 Å². The molecule has 0 spiro atoms. The highest BCUT2D eigenvalue weighted by Crippen LogP contribution is 2.27. The molecule has 0 bridgehead atoms. The molecule has 1 aromatic heterocycles. The van der Waals surface area contributed by atoms with E-state index in [-0.39, 0.29) is 12.1 Å². The summed E-state index contributed by atoms with van der Waals surface area (Å²) in [5, 5.41) is 5.65. The maximum atomic E-state index is 11.7. The molecule has 1 aliphatic heterocycles. The van der Waals surface area contributed by atoms with E-state index in [2.05, 4.69) is 21.7 Å². The molecule has 6 heteroatoms. The van der Waals surface area contributed by atoms with Crippen molar-refractivity contribution in [3.8, 4) is 5.75 Å². The highest BCUT2D eigenvalue weighted by Gasteiger charge is 2.22. The molecule has 1 aromatic carbocycles. The summed E-state index contributed by atoms with van der Waals surface area (Å²) in [6.07, 6.45) is 6.16. The molecule has 3 rings (SSSR count). The first-order chi connectivity index (χ1) is 10.3. The predicted octanol–water partition coefficient (Wildman–Crippen LogP) is 1.19. The summed E-state index contributed by atoms with van der Waals surface area (Å²) in [7, 11) is 0. The summed E-state index contributed by atoms with van der Waals surface area (Å²) < 4.78 is 7.68. The van der Waals surface area contributed by atoms with Gasteiger partial charge in [0.15, 0.2) is 0 Å². The van der Waals surface area contributed by atoms with Crippen LogP contribution in [0.4, 0.5) is 4.79 Å². The fourth-order valence-electron chi connectivity index (χ4n) is 2.35. The van der Waals surface area contributed by atoms with E-state index in [4.69, 9.17) is 4.74 Å². The number of nitrogens with zero attached hydrogens (tertiary/aromatic N) is 2. The Labute approximate surface area is 123 Å². The summed E-state index contributed by atoms with van der Waals surface area (Å²) in [6, 6.07) is 7.80. The molecule has 1 aliphatic rings. The van der Waals surface area contributed by atoms with Crippen molar-refractivity contribution in [1.29, 1.82) is 0 Å². The van der Waals surface area contributed by atoms with E-state index in [0.717, 1.165) is 12.2 Å². The van der Waals surface area contributed by atoms with Crippen LogP contribution in [0.5, 0.6) is 5.75 Å². The van der Waals surface area contributed by atoms with Crippen molar-refractivity contribution in [2.45, 2.75) is 19.1 Å². The maximum absolute atomic E-state index is 11.7. The number of amides is 2. The molecule has 0 fully saturated rings. The number of aromatic nitrogens is 2. The van der Waals surface area contributed by atoms with Gasteiger partial charge in [0.05, 0.1) is 12.9 Å². The quantitative estimate of drug-likeness (QED) is 0.867. The molecule has 0 unspecified atom stereocenters. The highest BCUT2D eigenvalue weighted by molar-refractivity contribution is 5.73. The molecular weight excluding hydrogens is 268 g/mol. The molecule has 21 heavy (non-hydrogen) atoms. The molecule has 110 valence electrons. The van der Waals surface area contributed by atoms with E-state index >= 15 is 0 Å². The molecule has 0 aliphatic carbocycles. The van der Waals surface area contributed by atoms with Crippen LogP contribution in [0.1, 0.15) is 5.56 Å². The minimum absolute atomic E-state index is 0.0156. The van der Waals surface area contributed by atoms with Gasteiger partial charge >= 0.3 is 6.03 Å². The third-order valence-corrected chi connectivity index (χ3v) is 3.42. The van der Waals surface area contributed by atoms with Crippen molar-refractivity contribution >= 4 is 6.03 Å². The van der Waals surface area contributed by atoms with E-state index in [0.29, 0.717) is 19.6 Å². The monoisotopic (exact) mass is 286 g/mol. The van der Waals surface area contributed by atoms with Crippen LogP contribution in [0.25, 0.3) is 0 Å². The Bertz CT molecular complexity index is 572. The van der Waals surface area contributed by atoms with Crippen LogP contribution in [0.3, 0.4) is 0 Å². The number of benzene rings is 1. The van der Waals surface area contributed by atoms with Gasteiger partial charge in [-0.3, -0.25) is 0 Å². The van der Waals surface area contributed by atoms with Gasteiger partial charge in [-0.25, -0.2) is 9.78 Å². The number of para-hydroxylation sites is 1. The van der Waals surface area contributed by atoms with Crippen LogP contribution >= 0.6 is 0 Å². The van der Waals surface area contributed by atoms with Crippen molar-refractivity contribution in [3.63, 3.8) is 0 Å². The molecule has 0 saturated heterocycles. The predicted molar refractivity (Wildman–Crippen MR) is 78.2 cm³/mol. The number of nitrogens with one attached hydrogen (secondary N) is 2. The number of rotatable bonds is 5. The summed E-state index contributed by atoms with van der Waals surface area (Å²) in [5.41, 5.74) is 1.20. The second-order valence-electron chi connectivity index (χ2n) is 4.99. The number of hydrogen-bond acceptors (Lipinski definition) is 3. The lowest BCUT2D eigenvalue weighted by Crippen LogP contribution is -2.41. The van der Waals surface area contributed by atoms with Crippen molar-refractivity contribution in [3.05, 3.63) is 48.5 Å². The minimum atomic E-state index is -0.172. The topological polar surface area (TPSA) is 68.2 Å². The van der Waals surface area contributed by atoms with Crippen LogP contribution in [0.2, 0.25) is 0 Å². The maximum Gasteiger partial charge on any atom is 0.314 e. The second kappa shape index (κ2) is 6.30. The molecule has 0 saturated carbocycles. The largest absolute Gasteiger partial charge is 0.488 e. The molecule has 2 N–H and O–H groups in total. The Morgan fingerprint density at radius 1 is 1.38 bits per heavy atom. The van der Waals surface area contributed by atoms with E-state index in [1.165, 1.54) is 5.56 Å². The average Bonchev–Trinajstić information content (AvgIpc) is 3.13. The molecule has 1 atom stereocenters. The van der Waals surface area contributed by atoms with Crippen LogP contribution in [-0.2, 0) is 13.0 Å². The van der Waals surface area contributed by atoms with Crippen molar-refractivity contribution in [2.24, 2.45) is 0 Å². The number of fused-ring (bicyclic) bond motifs is 1. The fourth-order valence-corrected chi connectivity index (χ4v) is 2.35. The molecule has 0 radical (unpaired) electrons. The Hall–Kier alpha value is -2.50. The smallest absolute Gasteiger partial charge is 0.314 e. The lowest BCUT2D eigenvalue weighted by Gasteiger charge is -2.12. The summed E-state index contributed by atoms with van der Waals surface area (Å²) >= 11 is 0. The van der Waals surface area contributed by atoms with Crippen molar-refractivity contribution in [1.82, 2.24) is 20.2 Å². The SMILES string of the molecule is O=C(NCCn1ccnc1)NC[C@@H]1Cc2ccccc2O1. The van der Waals surface area contributed by atoms with Gasteiger partial charge in [0.2, 0.25) is 0 Å². The Morgan fingerprint density at radius 2 is 2.29 bits per heavy atom. The van der Waals surface area contributed by atoms with E-state index in [1.54, 1.807) is 12.5 Å². The van der Waals surface area contributed by atoms with Gasteiger partial charge in [0.1, 0.15) is 11.9 Å². The second-order valence-corrected chi connectivity index (χ2v) is 4.99. The number of carbonyl (C=O) groups is 1. The first-order valence-corrected chi connectivity index (χ1v) is 7.03. The average molecular weight is 286 g/mol. The third-order valence-electron chi connectivity index (χ3n) is 3.42. The van der Waals surface area contributed by atoms with Crippen LogP contribution < -0.4 is 15.4 Å². The van der Waals surface area contributed by atoms with Gasteiger partial charge in [-0.1, -0.05) is 18.2 Å². The third kappa shape index (κ3) is 3.53. The Kier molecular flexibility index (Phi) is 4.04. The summed E-state index contributed by atoms with van der Waals surface area (Å²) in [6.45, 7) is 1.78. The van der Waals surface area contributed by atoms with Gasteiger partial charge in [-0.2, -0.15) is 0 Å². The molecule has 2 heterocycles. The summed E-state index contributed by atoms with van der Waals surface area (Å²) in [4.78, 5) is 15.6. The number of ether oxygens (including phenoxy) is 1. The minimum Gasteiger partial charge on any atom is -0.488 e. The van der Waals surface area contributed by atoms with E-state index in [9.17, 15) is 4.79 Å². The number of carbonyl (C=O) groups excluding carboxylic acids is 1. The van der Waals surface area contributed by atoms with Crippen LogP contribution in [0.15, 0.2) is 43.0 Å². The number of imidazole rings is 1. The molecule has 6 nitrogen and oxygen atoms in total. The highest BCUT2D eigenvalue weighted by atomic mass is 16.5. The molecular formula is C15H18N4O2. The summed E-state index contributed by atoms with van der Waals surface area (Å²) in [5.74, 6) is 0.921. The zero-order chi connectivity index (χ0) is 14.5. The first-order valence-electron chi connectivity index (χ1n) is 7.03. The molecule has 2 amide bonds. The standard InChI is InChI=1S/C15H18N4O2/c20-15(17-6-8-19-7-5-16-11-19)18-10-13-9-12-3-1-2-4-14(12)21-13/h1-5,7,11,13H,6,8-10H2,(H2,17,18,20)/t13-/m0/s1. The number of hydrogen-bond donors (Lipinski definition) is 2. The lowest BCUT2D eigenvalue weighted by molar-refractivity contribution is 0.214. The fraction of sp³-hybridized carbons (Fsp3) is 0.333. The van der Waals surface area contributed by atoms with Gasteiger partial charge in [0.25, 0.3) is 0 Å². The van der Waals surface area contributed by atoms with Crippen LogP contribution in [0, 0.1) is 0 Å². The van der Waals surface area contributed by atoms with Crippen molar-refractivity contribution < 1.29 is 9.53 Å².